The Morgan fingerprint density at radius 2 is 1.85 bits per heavy atom. The highest BCUT2D eigenvalue weighted by atomic mass is 16.5. The third-order valence-electron chi connectivity index (χ3n) is 5.09. The van der Waals surface area contributed by atoms with Crippen LogP contribution in [0, 0.1) is 0 Å². The van der Waals surface area contributed by atoms with E-state index in [1.165, 1.54) is 24.3 Å². The summed E-state index contributed by atoms with van der Waals surface area (Å²) in [5.41, 5.74) is 0.00336. The first kappa shape index (κ1) is 17.6. The number of hydrogen-bond donors (Lipinski definition) is 4. The minimum atomic E-state index is -1.26. The maximum absolute atomic E-state index is 12.4. The molecule has 2 heterocycles. The van der Waals surface area contributed by atoms with Crippen molar-refractivity contribution in [2.75, 3.05) is 0 Å². The van der Waals surface area contributed by atoms with Crippen molar-refractivity contribution < 1.29 is 34.7 Å². The van der Waals surface area contributed by atoms with Gasteiger partial charge in [0.05, 0.1) is 12.0 Å². The number of aliphatic hydroxyl groups is 2. The highest BCUT2D eigenvalue weighted by Gasteiger charge is 2.44. The number of rotatable bonds is 1. The Labute approximate surface area is 155 Å². The molecular weight excluding hydrogens is 352 g/mol. The van der Waals surface area contributed by atoms with E-state index in [2.05, 4.69) is 0 Å². The van der Waals surface area contributed by atoms with Gasteiger partial charge in [0, 0.05) is 11.6 Å². The van der Waals surface area contributed by atoms with Crippen LogP contribution in [0.4, 0.5) is 0 Å². The molecule has 7 nitrogen and oxygen atoms in total. The van der Waals surface area contributed by atoms with Crippen molar-refractivity contribution in [1.82, 2.24) is 0 Å². The maximum Gasteiger partial charge on any atom is 0.170 e. The number of benzene rings is 2. The lowest BCUT2D eigenvalue weighted by molar-refractivity contribution is -0.112. The summed E-state index contributed by atoms with van der Waals surface area (Å²) in [7, 11) is 0. The molecule has 0 fully saturated rings. The number of phenolic OH excluding ortho intramolecular Hbond substituents is 2. The van der Waals surface area contributed by atoms with Crippen LogP contribution >= 0.6 is 0 Å². The van der Waals surface area contributed by atoms with E-state index in [1.807, 2.05) is 0 Å². The van der Waals surface area contributed by atoms with Crippen LogP contribution < -0.4 is 9.47 Å². The van der Waals surface area contributed by atoms with Crippen LogP contribution in [0.2, 0.25) is 0 Å². The second-order valence-corrected chi connectivity index (χ2v) is 7.47. The van der Waals surface area contributed by atoms with E-state index < -0.39 is 23.9 Å². The van der Waals surface area contributed by atoms with Gasteiger partial charge in [0.2, 0.25) is 0 Å². The normalized spacial score (nSPS) is 25.8. The highest BCUT2D eigenvalue weighted by molar-refractivity contribution is 6.00. The van der Waals surface area contributed by atoms with Crippen LogP contribution in [0.5, 0.6) is 23.0 Å². The van der Waals surface area contributed by atoms with E-state index in [-0.39, 0.29) is 40.8 Å². The van der Waals surface area contributed by atoms with E-state index >= 15 is 0 Å². The number of hydrogen-bond acceptors (Lipinski definition) is 7. The number of ether oxygens (including phenoxy) is 2. The first-order valence-corrected chi connectivity index (χ1v) is 8.62. The minimum absolute atomic E-state index is 0.0235. The van der Waals surface area contributed by atoms with Crippen LogP contribution in [0.1, 0.15) is 54.0 Å². The second kappa shape index (κ2) is 5.87. The van der Waals surface area contributed by atoms with Crippen LogP contribution in [0.3, 0.4) is 0 Å². The number of phenols is 2. The molecular formula is C20H20O7. The minimum Gasteiger partial charge on any atom is -0.508 e. The van der Waals surface area contributed by atoms with E-state index in [9.17, 15) is 25.2 Å². The molecule has 2 aromatic carbocycles. The van der Waals surface area contributed by atoms with Crippen LogP contribution in [0.15, 0.2) is 30.3 Å². The van der Waals surface area contributed by atoms with Gasteiger partial charge in [0.1, 0.15) is 35.4 Å². The van der Waals surface area contributed by atoms with E-state index in [4.69, 9.17) is 9.47 Å². The molecule has 4 N–H and O–H groups in total. The van der Waals surface area contributed by atoms with Crippen LogP contribution in [-0.2, 0) is 0 Å². The standard InChI is InChI=1S/C20H20O7/c1-20(2)19(25)17(24)12-5-9(6-14(23)18(12)27-20)15-8-13(22)11-4-3-10(21)7-16(11)26-15/h3-7,15,17,19,21,23-25H,8H2,1-2H3/t15-,17+,19+/m0/s1. The van der Waals surface area contributed by atoms with Crippen molar-refractivity contribution in [1.29, 1.82) is 0 Å². The topological polar surface area (TPSA) is 116 Å². The lowest BCUT2D eigenvalue weighted by Gasteiger charge is -2.40. The molecule has 0 saturated carbocycles. The fourth-order valence-corrected chi connectivity index (χ4v) is 3.55. The fraction of sp³-hybridized carbons (Fsp3) is 0.350. The van der Waals surface area contributed by atoms with Gasteiger partial charge in [-0.2, -0.15) is 0 Å². The lowest BCUT2D eigenvalue weighted by Crippen LogP contribution is -2.48. The van der Waals surface area contributed by atoms with Gasteiger partial charge >= 0.3 is 0 Å². The largest absolute Gasteiger partial charge is 0.508 e. The molecule has 27 heavy (non-hydrogen) atoms. The summed E-state index contributed by atoms with van der Waals surface area (Å²) < 4.78 is 11.5. The van der Waals surface area contributed by atoms with Gasteiger partial charge in [-0.25, -0.2) is 0 Å². The molecule has 3 atom stereocenters. The predicted octanol–water partition coefficient (Wildman–Crippen LogP) is 2.37. The number of carbonyl (C=O) groups excluding carboxylic acids is 1. The van der Waals surface area contributed by atoms with Crippen molar-refractivity contribution in [2.45, 2.75) is 44.2 Å². The first-order chi connectivity index (χ1) is 12.7. The molecule has 0 aromatic heterocycles. The van der Waals surface area contributed by atoms with Crippen molar-refractivity contribution >= 4 is 5.78 Å². The molecule has 0 aliphatic carbocycles. The van der Waals surface area contributed by atoms with Gasteiger partial charge in [0.15, 0.2) is 17.3 Å². The first-order valence-electron chi connectivity index (χ1n) is 8.62. The quantitative estimate of drug-likeness (QED) is 0.607. The number of ketones is 1. The summed E-state index contributed by atoms with van der Waals surface area (Å²) in [6, 6.07) is 7.27. The van der Waals surface area contributed by atoms with Crippen molar-refractivity contribution in [3.8, 4) is 23.0 Å². The summed E-state index contributed by atoms with van der Waals surface area (Å²) in [5.74, 6) is -0.0338. The number of aliphatic hydroxyl groups excluding tert-OH is 2. The molecule has 0 bridgehead atoms. The number of carbonyl (C=O) groups is 1. The average molecular weight is 372 g/mol. The molecule has 2 aromatic rings. The predicted molar refractivity (Wildman–Crippen MR) is 94.2 cm³/mol. The Kier molecular flexibility index (Phi) is 3.83. The Balaban J connectivity index is 1.74. The summed E-state index contributed by atoms with van der Waals surface area (Å²) in [6.07, 6.45) is -3.11. The van der Waals surface area contributed by atoms with Crippen molar-refractivity contribution in [3.63, 3.8) is 0 Å². The van der Waals surface area contributed by atoms with Crippen LogP contribution in [0.25, 0.3) is 0 Å². The average Bonchev–Trinajstić information content (AvgIpc) is 2.60. The fourth-order valence-electron chi connectivity index (χ4n) is 3.55. The van der Waals surface area contributed by atoms with Gasteiger partial charge in [-0.3, -0.25) is 4.79 Å². The smallest absolute Gasteiger partial charge is 0.170 e. The van der Waals surface area contributed by atoms with Gasteiger partial charge < -0.3 is 29.9 Å². The van der Waals surface area contributed by atoms with Gasteiger partial charge in [-0.15, -0.1) is 0 Å². The monoisotopic (exact) mass is 372 g/mol. The molecule has 2 aliphatic heterocycles. The summed E-state index contributed by atoms with van der Waals surface area (Å²) >= 11 is 0. The van der Waals surface area contributed by atoms with E-state index in [1.54, 1.807) is 19.9 Å². The molecule has 4 rings (SSSR count). The zero-order chi connectivity index (χ0) is 19.5. The second-order valence-electron chi connectivity index (χ2n) is 7.47. The Bertz CT molecular complexity index is 934. The zero-order valence-corrected chi connectivity index (χ0v) is 14.8. The molecule has 2 aliphatic rings. The number of aromatic hydroxyl groups is 2. The summed E-state index contributed by atoms with van der Waals surface area (Å²) in [6.45, 7) is 3.23. The third kappa shape index (κ3) is 2.79. The molecule has 0 amide bonds. The van der Waals surface area contributed by atoms with Gasteiger partial charge in [-0.1, -0.05) is 0 Å². The molecule has 0 saturated heterocycles. The third-order valence-corrected chi connectivity index (χ3v) is 5.09. The van der Waals surface area contributed by atoms with Gasteiger partial charge in [0.25, 0.3) is 0 Å². The van der Waals surface area contributed by atoms with E-state index in [0.717, 1.165) is 0 Å². The molecule has 0 spiro atoms. The Morgan fingerprint density at radius 3 is 2.59 bits per heavy atom. The number of fused-ring (bicyclic) bond motifs is 2. The molecule has 142 valence electrons. The van der Waals surface area contributed by atoms with E-state index in [0.29, 0.717) is 11.1 Å². The molecule has 7 heteroatoms. The molecule has 0 unspecified atom stereocenters. The summed E-state index contributed by atoms with van der Waals surface area (Å²) in [5, 5.41) is 40.8. The maximum atomic E-state index is 12.4. The highest BCUT2D eigenvalue weighted by Crippen LogP contribution is 2.47. The molecule has 0 radical (unpaired) electrons. The summed E-state index contributed by atoms with van der Waals surface area (Å²) in [4.78, 5) is 12.4. The zero-order valence-electron chi connectivity index (χ0n) is 14.8. The lowest BCUT2D eigenvalue weighted by atomic mass is 9.86. The Morgan fingerprint density at radius 1 is 1.11 bits per heavy atom. The van der Waals surface area contributed by atoms with Crippen LogP contribution in [-0.4, -0.2) is 37.9 Å². The Hall–Kier alpha value is -2.77. The SMILES string of the molecule is CC1(C)Oc2c(O)cc([C@@H]3CC(=O)c4ccc(O)cc4O3)cc2[C@@H](O)[C@H]1O. The van der Waals surface area contributed by atoms with Gasteiger partial charge in [-0.05, 0) is 43.7 Å². The number of Topliss-reactive ketones (excluding diaryl/α,β-unsaturated/α-hetero) is 1. The van der Waals surface area contributed by atoms with Crippen molar-refractivity contribution in [2.24, 2.45) is 0 Å². The van der Waals surface area contributed by atoms with Crippen molar-refractivity contribution in [3.05, 3.63) is 47.0 Å².